The number of anilines is 2. The van der Waals surface area contributed by atoms with Gasteiger partial charge in [-0.1, -0.05) is 41.9 Å². The van der Waals surface area contributed by atoms with Crippen molar-refractivity contribution in [1.29, 1.82) is 0 Å². The van der Waals surface area contributed by atoms with Crippen LogP contribution in [0.15, 0.2) is 84.0 Å². The first kappa shape index (κ1) is 28.6. The van der Waals surface area contributed by atoms with Crippen molar-refractivity contribution < 1.29 is 14.6 Å². The number of halogens is 1. The van der Waals surface area contributed by atoms with E-state index < -0.39 is 5.54 Å². The average molecular weight is 595 g/mol. The Morgan fingerprint density at radius 3 is 1.98 bits per heavy atom. The summed E-state index contributed by atoms with van der Waals surface area (Å²) in [6.45, 7) is 11.9. The molecule has 4 aromatic carbocycles. The van der Waals surface area contributed by atoms with Crippen molar-refractivity contribution in [2.45, 2.75) is 33.2 Å². The molecular formula is C35H35ClN4O3. The number of carbonyl (C=O) groups excluding carboxylic acids is 1. The van der Waals surface area contributed by atoms with Gasteiger partial charge < -0.3 is 19.6 Å². The van der Waals surface area contributed by atoms with Crippen molar-refractivity contribution in [3.63, 3.8) is 0 Å². The van der Waals surface area contributed by atoms with Crippen molar-refractivity contribution in [3.05, 3.63) is 112 Å². The average Bonchev–Trinajstić information content (AvgIpc) is 3.26. The maximum absolute atomic E-state index is 14.3. The van der Waals surface area contributed by atoms with Gasteiger partial charge in [-0.3, -0.25) is 4.79 Å². The molecule has 0 saturated heterocycles. The second-order valence-corrected chi connectivity index (χ2v) is 11.1. The van der Waals surface area contributed by atoms with E-state index in [1.165, 1.54) is 17.3 Å². The molecule has 2 aliphatic rings. The number of hydrazone groups is 1. The van der Waals surface area contributed by atoms with Gasteiger partial charge in [0.05, 0.1) is 6.21 Å². The second kappa shape index (κ2) is 11.3. The van der Waals surface area contributed by atoms with Gasteiger partial charge in [0.15, 0.2) is 0 Å². The van der Waals surface area contributed by atoms with Crippen LogP contribution in [-0.4, -0.2) is 48.4 Å². The van der Waals surface area contributed by atoms with E-state index in [-0.39, 0.29) is 11.7 Å². The lowest BCUT2D eigenvalue weighted by Gasteiger charge is -2.42. The highest BCUT2D eigenvalue weighted by Crippen LogP contribution is 2.58. The van der Waals surface area contributed by atoms with E-state index in [0.717, 1.165) is 54.2 Å². The van der Waals surface area contributed by atoms with E-state index in [0.29, 0.717) is 27.6 Å². The number of benzene rings is 4. The molecule has 0 atom stereocenters. The van der Waals surface area contributed by atoms with Crippen molar-refractivity contribution in [2.24, 2.45) is 5.10 Å². The third-order valence-electron chi connectivity index (χ3n) is 8.55. The molecule has 2 aliphatic heterocycles. The zero-order valence-corrected chi connectivity index (χ0v) is 25.6. The highest BCUT2D eigenvalue weighted by atomic mass is 35.5. The van der Waals surface area contributed by atoms with Crippen molar-refractivity contribution in [1.82, 2.24) is 5.01 Å². The van der Waals surface area contributed by atoms with Crippen molar-refractivity contribution in [2.75, 3.05) is 36.0 Å². The SMILES string of the molecule is CCN(CC)c1ccc2c(c1)Oc1cc(N(CC)CC)ccc1C21c2ccccc2C(=O)N1/N=C/c1cc(Cl)ccc1O. The van der Waals surface area contributed by atoms with Crippen LogP contribution >= 0.6 is 11.6 Å². The summed E-state index contributed by atoms with van der Waals surface area (Å²) in [7, 11) is 0. The Bertz CT molecular complexity index is 1670. The number of hydrogen-bond acceptors (Lipinski definition) is 6. The molecule has 0 saturated carbocycles. The molecule has 220 valence electrons. The normalized spacial score (nSPS) is 14.4. The second-order valence-electron chi connectivity index (χ2n) is 10.6. The van der Waals surface area contributed by atoms with Crippen LogP contribution in [0.25, 0.3) is 0 Å². The van der Waals surface area contributed by atoms with E-state index in [1.54, 1.807) is 12.1 Å². The molecule has 7 nitrogen and oxygen atoms in total. The standard InChI is InChI=1S/C35H35ClN4O3/c1-5-38(6-2)25-14-16-29-32(20-25)43-33-21-26(39(7-3)8-4)15-17-30(33)35(29)28-12-10-9-11-27(28)34(42)40(35)37-22-23-19-24(36)13-18-31(23)41/h9-22,41H,5-8H2,1-4H3/b37-22+. The zero-order valence-electron chi connectivity index (χ0n) is 24.8. The van der Waals surface area contributed by atoms with Crippen LogP contribution in [0.1, 0.15) is 60.3 Å². The summed E-state index contributed by atoms with van der Waals surface area (Å²) in [6, 6.07) is 24.8. The Morgan fingerprint density at radius 1 is 0.814 bits per heavy atom. The fourth-order valence-electron chi connectivity index (χ4n) is 6.39. The Labute approximate surface area is 257 Å². The van der Waals surface area contributed by atoms with Gasteiger partial charge in [-0.2, -0.15) is 5.10 Å². The minimum Gasteiger partial charge on any atom is -0.507 e. The lowest BCUT2D eigenvalue weighted by atomic mass is 9.75. The number of amides is 1. The number of rotatable bonds is 8. The number of ether oxygens (including phenoxy) is 1. The molecule has 4 aromatic rings. The van der Waals surface area contributed by atoms with Crippen LogP contribution in [0.4, 0.5) is 11.4 Å². The summed E-state index contributed by atoms with van der Waals surface area (Å²) in [5, 5.41) is 17.3. The molecule has 8 heteroatoms. The summed E-state index contributed by atoms with van der Waals surface area (Å²) >= 11 is 6.24. The molecule has 0 aliphatic carbocycles. The fourth-order valence-corrected chi connectivity index (χ4v) is 6.58. The van der Waals surface area contributed by atoms with Gasteiger partial charge in [0.25, 0.3) is 5.91 Å². The fraction of sp³-hybridized carbons (Fsp3) is 0.257. The van der Waals surface area contributed by atoms with Crippen LogP contribution in [0.3, 0.4) is 0 Å². The molecular weight excluding hydrogens is 560 g/mol. The van der Waals surface area contributed by atoms with Gasteiger partial charge in [-0.25, -0.2) is 5.01 Å². The number of fused-ring (bicyclic) bond motifs is 6. The number of aromatic hydroxyl groups is 1. The molecule has 1 N–H and O–H groups in total. The van der Waals surface area contributed by atoms with Gasteiger partial charge in [0, 0.05) is 82.5 Å². The molecule has 0 fully saturated rings. The minimum atomic E-state index is -1.11. The molecule has 2 heterocycles. The number of hydrogen-bond donors (Lipinski definition) is 1. The molecule has 0 bridgehead atoms. The Kier molecular flexibility index (Phi) is 7.52. The number of nitrogens with zero attached hydrogens (tertiary/aromatic N) is 4. The van der Waals surface area contributed by atoms with Gasteiger partial charge >= 0.3 is 0 Å². The zero-order chi connectivity index (χ0) is 30.3. The van der Waals surface area contributed by atoms with Gasteiger partial charge in [-0.05, 0) is 64.1 Å². The van der Waals surface area contributed by atoms with E-state index in [4.69, 9.17) is 21.4 Å². The maximum Gasteiger partial charge on any atom is 0.275 e. The van der Waals surface area contributed by atoms with Gasteiger partial charge in [-0.15, -0.1) is 0 Å². The topological polar surface area (TPSA) is 68.6 Å². The third-order valence-corrected chi connectivity index (χ3v) is 8.78. The number of carbonyl (C=O) groups is 1. The summed E-state index contributed by atoms with van der Waals surface area (Å²) < 4.78 is 6.72. The first-order valence-corrected chi connectivity index (χ1v) is 15.2. The molecule has 0 radical (unpaired) electrons. The number of phenols is 1. The van der Waals surface area contributed by atoms with Crippen LogP contribution in [-0.2, 0) is 5.54 Å². The smallest absolute Gasteiger partial charge is 0.275 e. The summed E-state index contributed by atoms with van der Waals surface area (Å²) in [5.74, 6) is 1.12. The van der Waals surface area contributed by atoms with Crippen molar-refractivity contribution in [3.8, 4) is 17.2 Å². The van der Waals surface area contributed by atoms with E-state index >= 15 is 0 Å². The molecule has 43 heavy (non-hydrogen) atoms. The molecule has 6 rings (SSSR count). The van der Waals surface area contributed by atoms with E-state index in [2.05, 4.69) is 73.9 Å². The highest BCUT2D eigenvalue weighted by Gasteiger charge is 2.57. The Hall–Kier alpha value is -4.49. The monoisotopic (exact) mass is 594 g/mol. The third kappa shape index (κ3) is 4.50. The minimum absolute atomic E-state index is 0.0202. The van der Waals surface area contributed by atoms with Crippen LogP contribution in [0.5, 0.6) is 17.2 Å². The maximum atomic E-state index is 14.3. The highest BCUT2D eigenvalue weighted by molar-refractivity contribution is 6.30. The molecule has 0 unspecified atom stereocenters. The van der Waals surface area contributed by atoms with E-state index in [9.17, 15) is 9.90 Å². The van der Waals surface area contributed by atoms with Crippen LogP contribution < -0.4 is 14.5 Å². The van der Waals surface area contributed by atoms with E-state index in [1.807, 2.05) is 24.3 Å². The molecule has 0 aromatic heterocycles. The Balaban J connectivity index is 1.65. The predicted octanol–water partition coefficient (Wildman–Crippen LogP) is 7.63. The van der Waals surface area contributed by atoms with Crippen LogP contribution in [0.2, 0.25) is 5.02 Å². The van der Waals surface area contributed by atoms with Crippen molar-refractivity contribution >= 4 is 35.1 Å². The first-order valence-electron chi connectivity index (χ1n) is 14.8. The molecule has 1 amide bonds. The lowest BCUT2D eigenvalue weighted by Crippen LogP contribution is -2.44. The first-order chi connectivity index (χ1) is 20.9. The summed E-state index contributed by atoms with van der Waals surface area (Å²) in [5.41, 5.74) is 4.41. The largest absolute Gasteiger partial charge is 0.507 e. The Morgan fingerprint density at radius 2 is 1.40 bits per heavy atom. The van der Waals surface area contributed by atoms with Gasteiger partial charge in [0.2, 0.25) is 0 Å². The lowest BCUT2D eigenvalue weighted by molar-refractivity contribution is 0.0675. The van der Waals surface area contributed by atoms with Gasteiger partial charge in [0.1, 0.15) is 22.8 Å². The quantitative estimate of drug-likeness (QED) is 0.212. The summed E-state index contributed by atoms with van der Waals surface area (Å²) in [4.78, 5) is 18.8. The number of phenolic OH excluding ortho intramolecular Hbond substituents is 1. The predicted molar refractivity (Wildman–Crippen MR) is 173 cm³/mol. The molecule has 1 spiro atoms. The summed E-state index contributed by atoms with van der Waals surface area (Å²) in [6.07, 6.45) is 1.50. The van der Waals surface area contributed by atoms with Crippen LogP contribution in [0, 0.1) is 0 Å².